The minimum absolute atomic E-state index is 0.0451. The molecule has 0 aliphatic heterocycles. The number of fused-ring (bicyclic) bond motifs is 1. The minimum atomic E-state index is -1.14. The lowest BCUT2D eigenvalue weighted by Gasteiger charge is -2.01. The maximum Gasteiger partial charge on any atom is 0.339 e. The number of hydrogen-bond donors (Lipinski definition) is 1. The van der Waals surface area contributed by atoms with E-state index in [9.17, 15) is 9.18 Å². The second-order valence-corrected chi connectivity index (χ2v) is 2.97. The molecule has 0 saturated carbocycles. The molecule has 2 rings (SSSR count). The van der Waals surface area contributed by atoms with E-state index in [1.807, 2.05) is 0 Å². The van der Waals surface area contributed by atoms with Crippen molar-refractivity contribution in [2.24, 2.45) is 0 Å². The summed E-state index contributed by atoms with van der Waals surface area (Å²) in [6, 6.07) is 1.40. The topological polar surface area (TPSA) is 54.6 Å². The number of rotatable bonds is 2. The van der Waals surface area contributed by atoms with Crippen molar-refractivity contribution in [3.8, 4) is 0 Å². The Morgan fingerprint density at radius 3 is 3.00 bits per heavy atom. The van der Waals surface area contributed by atoms with E-state index >= 15 is 0 Å². The van der Waals surface area contributed by atoms with Gasteiger partial charge in [0.2, 0.25) is 5.95 Å². The van der Waals surface area contributed by atoms with E-state index in [1.165, 1.54) is 18.3 Å². The van der Waals surface area contributed by atoms with Crippen LogP contribution in [0.5, 0.6) is 0 Å². The summed E-state index contributed by atoms with van der Waals surface area (Å²) in [6.45, 7) is 3.50. The number of imidazole rings is 1. The van der Waals surface area contributed by atoms with Gasteiger partial charge in [-0.2, -0.15) is 4.39 Å². The standard InChI is InChI=1S/C10H7FN2O2/c1-2-6-3-7(10(14)15)9-12-4-8(11)13(9)5-6/h2-5H,1H2,(H,14,15). The van der Waals surface area contributed by atoms with Crippen molar-refractivity contribution in [2.75, 3.05) is 0 Å². The fourth-order valence-corrected chi connectivity index (χ4v) is 1.35. The molecule has 5 heteroatoms. The van der Waals surface area contributed by atoms with Crippen LogP contribution >= 0.6 is 0 Å². The van der Waals surface area contributed by atoms with Crippen molar-refractivity contribution in [1.29, 1.82) is 0 Å². The van der Waals surface area contributed by atoms with Gasteiger partial charge in [-0.15, -0.1) is 0 Å². The number of carboxylic acid groups (broad SMARTS) is 1. The van der Waals surface area contributed by atoms with Gasteiger partial charge in [0, 0.05) is 6.20 Å². The third-order valence-electron chi connectivity index (χ3n) is 2.05. The number of carboxylic acids is 1. The number of aromatic nitrogens is 2. The lowest BCUT2D eigenvalue weighted by atomic mass is 10.2. The van der Waals surface area contributed by atoms with Gasteiger partial charge in [0.15, 0.2) is 5.65 Å². The molecule has 0 spiro atoms. The Bertz CT molecular complexity index is 560. The highest BCUT2D eigenvalue weighted by atomic mass is 19.1. The molecule has 2 aromatic heterocycles. The van der Waals surface area contributed by atoms with Gasteiger partial charge in [-0.1, -0.05) is 12.7 Å². The zero-order chi connectivity index (χ0) is 11.0. The second-order valence-electron chi connectivity index (χ2n) is 2.97. The van der Waals surface area contributed by atoms with Crippen molar-refractivity contribution in [1.82, 2.24) is 9.38 Å². The summed E-state index contributed by atoms with van der Waals surface area (Å²) >= 11 is 0. The Hall–Kier alpha value is -2.17. The van der Waals surface area contributed by atoms with Crippen molar-refractivity contribution >= 4 is 17.7 Å². The number of pyridine rings is 1. The molecule has 0 saturated heterocycles. The largest absolute Gasteiger partial charge is 0.478 e. The molecule has 0 amide bonds. The number of aromatic carboxylic acids is 1. The molecular formula is C10H7FN2O2. The lowest BCUT2D eigenvalue weighted by molar-refractivity contribution is 0.0698. The molecule has 4 nitrogen and oxygen atoms in total. The summed E-state index contributed by atoms with van der Waals surface area (Å²) < 4.78 is 14.3. The molecule has 1 N–H and O–H groups in total. The van der Waals surface area contributed by atoms with Crippen LogP contribution < -0.4 is 0 Å². The first kappa shape index (κ1) is 9.39. The van der Waals surface area contributed by atoms with E-state index < -0.39 is 11.9 Å². The highest BCUT2D eigenvalue weighted by molar-refractivity contribution is 5.95. The van der Waals surface area contributed by atoms with Crippen molar-refractivity contribution in [3.63, 3.8) is 0 Å². The molecule has 2 heterocycles. The third-order valence-corrected chi connectivity index (χ3v) is 2.05. The molecule has 0 aromatic carbocycles. The van der Waals surface area contributed by atoms with Crippen molar-refractivity contribution < 1.29 is 14.3 Å². The predicted octanol–water partition coefficient (Wildman–Crippen LogP) is 1.81. The number of halogens is 1. The highest BCUT2D eigenvalue weighted by Gasteiger charge is 2.13. The lowest BCUT2D eigenvalue weighted by Crippen LogP contribution is -2.02. The smallest absolute Gasteiger partial charge is 0.339 e. The van der Waals surface area contributed by atoms with E-state index in [4.69, 9.17) is 5.11 Å². The first-order chi connectivity index (χ1) is 7.13. The molecule has 0 fully saturated rings. The average molecular weight is 206 g/mol. The van der Waals surface area contributed by atoms with Crippen LogP contribution in [0.15, 0.2) is 25.0 Å². The van der Waals surface area contributed by atoms with Gasteiger partial charge >= 0.3 is 5.97 Å². The fraction of sp³-hybridized carbons (Fsp3) is 0. The molecule has 2 aromatic rings. The normalized spacial score (nSPS) is 10.5. The van der Waals surface area contributed by atoms with Gasteiger partial charge in [-0.25, -0.2) is 9.78 Å². The molecule has 15 heavy (non-hydrogen) atoms. The fourth-order valence-electron chi connectivity index (χ4n) is 1.35. The van der Waals surface area contributed by atoms with Crippen molar-refractivity contribution in [3.05, 3.63) is 42.1 Å². The molecule has 0 radical (unpaired) electrons. The summed E-state index contributed by atoms with van der Waals surface area (Å²) in [5, 5.41) is 8.90. The molecule has 0 bridgehead atoms. The molecule has 0 aliphatic carbocycles. The Labute approximate surface area is 84.3 Å². The van der Waals surface area contributed by atoms with Gasteiger partial charge in [0.05, 0.1) is 6.20 Å². The van der Waals surface area contributed by atoms with Crippen LogP contribution in [-0.2, 0) is 0 Å². The number of hydrogen-bond acceptors (Lipinski definition) is 2. The van der Waals surface area contributed by atoms with Crippen LogP contribution in [0.25, 0.3) is 11.7 Å². The number of carbonyl (C=O) groups is 1. The zero-order valence-corrected chi connectivity index (χ0v) is 7.64. The van der Waals surface area contributed by atoms with Gasteiger partial charge in [0.25, 0.3) is 0 Å². The Balaban J connectivity index is 2.88. The average Bonchev–Trinajstić information content (AvgIpc) is 2.59. The number of nitrogens with zero attached hydrogens (tertiary/aromatic N) is 2. The van der Waals surface area contributed by atoms with Gasteiger partial charge in [0.1, 0.15) is 5.56 Å². The van der Waals surface area contributed by atoms with E-state index in [1.54, 1.807) is 0 Å². The Morgan fingerprint density at radius 1 is 1.67 bits per heavy atom. The van der Waals surface area contributed by atoms with Crippen LogP contribution in [0.4, 0.5) is 4.39 Å². The van der Waals surface area contributed by atoms with Gasteiger partial charge < -0.3 is 5.11 Å². The molecular weight excluding hydrogens is 199 g/mol. The van der Waals surface area contributed by atoms with Crippen LogP contribution in [0.2, 0.25) is 0 Å². The maximum atomic E-state index is 13.2. The first-order valence-electron chi connectivity index (χ1n) is 4.16. The minimum Gasteiger partial charge on any atom is -0.478 e. The summed E-state index contributed by atoms with van der Waals surface area (Å²) in [6.07, 6.45) is 3.87. The third kappa shape index (κ3) is 1.38. The quantitative estimate of drug-likeness (QED) is 0.815. The zero-order valence-electron chi connectivity index (χ0n) is 7.64. The summed E-state index contributed by atoms with van der Waals surface area (Å²) in [5.74, 6) is -1.74. The van der Waals surface area contributed by atoms with E-state index in [0.29, 0.717) is 5.56 Å². The monoisotopic (exact) mass is 206 g/mol. The Kier molecular flexibility index (Phi) is 2.00. The van der Waals surface area contributed by atoms with Crippen LogP contribution in [0.3, 0.4) is 0 Å². The van der Waals surface area contributed by atoms with Gasteiger partial charge in [-0.05, 0) is 11.6 Å². The summed E-state index contributed by atoms with van der Waals surface area (Å²) in [4.78, 5) is 14.6. The van der Waals surface area contributed by atoms with Crippen LogP contribution in [0.1, 0.15) is 15.9 Å². The SMILES string of the molecule is C=Cc1cc(C(=O)O)c2ncc(F)n2c1. The van der Waals surface area contributed by atoms with Gasteiger partial charge in [-0.3, -0.25) is 4.40 Å². The van der Waals surface area contributed by atoms with Crippen LogP contribution in [0, 0.1) is 5.95 Å². The molecule has 0 aliphatic rings. The first-order valence-corrected chi connectivity index (χ1v) is 4.16. The summed E-state index contributed by atoms with van der Waals surface area (Å²) in [5.41, 5.74) is 0.568. The van der Waals surface area contributed by atoms with Crippen molar-refractivity contribution in [2.45, 2.75) is 0 Å². The maximum absolute atomic E-state index is 13.2. The molecule has 0 atom stereocenters. The highest BCUT2D eigenvalue weighted by Crippen LogP contribution is 2.15. The van der Waals surface area contributed by atoms with Crippen LogP contribution in [-0.4, -0.2) is 20.5 Å². The Morgan fingerprint density at radius 2 is 2.40 bits per heavy atom. The molecule has 0 unspecified atom stereocenters. The van der Waals surface area contributed by atoms with E-state index in [2.05, 4.69) is 11.6 Å². The predicted molar refractivity (Wildman–Crippen MR) is 52.2 cm³/mol. The summed E-state index contributed by atoms with van der Waals surface area (Å²) in [7, 11) is 0. The molecule has 76 valence electrons. The van der Waals surface area contributed by atoms with E-state index in [-0.39, 0.29) is 11.2 Å². The second kappa shape index (κ2) is 3.20. The van der Waals surface area contributed by atoms with E-state index in [0.717, 1.165) is 10.6 Å².